The third-order valence-corrected chi connectivity index (χ3v) is 5.63. The van der Waals surface area contributed by atoms with Gasteiger partial charge in [0.2, 0.25) is 11.7 Å². The van der Waals surface area contributed by atoms with Crippen molar-refractivity contribution in [3.63, 3.8) is 0 Å². The van der Waals surface area contributed by atoms with Crippen LogP contribution >= 0.6 is 0 Å². The Morgan fingerprint density at radius 3 is 2.50 bits per heavy atom. The van der Waals surface area contributed by atoms with E-state index in [1.807, 2.05) is 13.8 Å². The number of hydrogen-bond acceptors (Lipinski definition) is 4. The Morgan fingerprint density at radius 2 is 1.93 bits per heavy atom. The van der Waals surface area contributed by atoms with E-state index in [-0.39, 0.29) is 29.4 Å². The summed E-state index contributed by atoms with van der Waals surface area (Å²) < 4.78 is 20.3. The average molecular weight is 417 g/mol. The van der Waals surface area contributed by atoms with E-state index in [0.717, 1.165) is 25.7 Å². The fraction of sp³-hybridized carbons (Fsp3) is 0.500. The van der Waals surface area contributed by atoms with E-state index in [4.69, 9.17) is 9.84 Å². The smallest absolute Gasteiger partial charge is 0.449 e. The van der Waals surface area contributed by atoms with Crippen LogP contribution < -0.4 is 9.64 Å². The van der Waals surface area contributed by atoms with Crippen molar-refractivity contribution < 1.29 is 23.8 Å². The highest BCUT2D eigenvalue weighted by Gasteiger charge is 2.34. The summed E-state index contributed by atoms with van der Waals surface area (Å²) in [5, 5.41) is 13.6. The second kappa shape index (κ2) is 8.85. The summed E-state index contributed by atoms with van der Waals surface area (Å²) in [6.45, 7) is 7.52. The normalized spacial score (nSPS) is 19.0. The number of carboxylic acid groups (broad SMARTS) is 1. The van der Waals surface area contributed by atoms with Gasteiger partial charge in [-0.2, -0.15) is 0 Å². The molecule has 0 saturated heterocycles. The van der Waals surface area contributed by atoms with Crippen molar-refractivity contribution in [1.29, 1.82) is 0 Å². The van der Waals surface area contributed by atoms with Crippen LogP contribution in [0.3, 0.4) is 0 Å². The lowest BCUT2D eigenvalue weighted by Gasteiger charge is -2.32. The molecule has 1 aromatic heterocycles. The lowest BCUT2D eigenvalue weighted by atomic mass is 9.82. The highest BCUT2D eigenvalue weighted by molar-refractivity contribution is 5.96. The molecule has 0 spiro atoms. The minimum absolute atomic E-state index is 0.0605. The van der Waals surface area contributed by atoms with Crippen LogP contribution in [-0.4, -0.2) is 33.0 Å². The van der Waals surface area contributed by atoms with Gasteiger partial charge in [0.15, 0.2) is 5.75 Å². The van der Waals surface area contributed by atoms with Gasteiger partial charge in [-0.05, 0) is 70.1 Å². The van der Waals surface area contributed by atoms with Crippen LogP contribution in [0.1, 0.15) is 52.0 Å². The number of carbonyl (C=O) groups is 2. The molecular formula is C22H28FN3O4. The predicted molar refractivity (Wildman–Crippen MR) is 111 cm³/mol. The van der Waals surface area contributed by atoms with E-state index in [9.17, 15) is 14.0 Å². The van der Waals surface area contributed by atoms with Crippen molar-refractivity contribution in [1.82, 2.24) is 9.78 Å². The summed E-state index contributed by atoms with van der Waals surface area (Å²) in [4.78, 5) is 26.1. The maximum atomic E-state index is 14.0. The molecular weight excluding hydrogens is 389 g/mol. The number of benzene rings is 1. The number of anilines is 1. The van der Waals surface area contributed by atoms with Gasteiger partial charge >= 0.3 is 6.16 Å². The van der Waals surface area contributed by atoms with Crippen molar-refractivity contribution in [3.05, 3.63) is 35.8 Å². The van der Waals surface area contributed by atoms with Crippen LogP contribution in [0.2, 0.25) is 0 Å². The number of halogens is 1. The number of ether oxygens (including phenoxy) is 1. The number of carbonyl (C=O) groups excluding carboxylic acids is 1. The van der Waals surface area contributed by atoms with Crippen molar-refractivity contribution in [3.8, 4) is 11.4 Å². The minimum atomic E-state index is -1.51. The molecule has 1 amide bonds. The van der Waals surface area contributed by atoms with Gasteiger partial charge in [0.05, 0.1) is 11.9 Å². The van der Waals surface area contributed by atoms with Crippen LogP contribution in [-0.2, 0) is 4.79 Å². The first-order chi connectivity index (χ1) is 14.2. The second-order valence-electron chi connectivity index (χ2n) is 8.32. The highest BCUT2D eigenvalue weighted by Crippen LogP contribution is 2.35. The topological polar surface area (TPSA) is 84.7 Å². The van der Waals surface area contributed by atoms with Crippen LogP contribution in [0.15, 0.2) is 24.4 Å². The number of hydrogen-bond donors (Lipinski definition) is 1. The Labute approximate surface area is 175 Å². The van der Waals surface area contributed by atoms with Crippen LogP contribution in [0.5, 0.6) is 5.75 Å². The average Bonchev–Trinajstić information content (AvgIpc) is 3.07. The molecule has 0 atom stereocenters. The first-order valence-corrected chi connectivity index (χ1v) is 10.3. The monoisotopic (exact) mass is 417 g/mol. The predicted octanol–water partition coefficient (Wildman–Crippen LogP) is 4.94. The summed E-state index contributed by atoms with van der Waals surface area (Å²) >= 11 is 0. The molecule has 1 fully saturated rings. The zero-order valence-electron chi connectivity index (χ0n) is 17.8. The molecule has 1 aliphatic carbocycles. The second-order valence-corrected chi connectivity index (χ2v) is 8.32. The number of amides is 1. The van der Waals surface area contributed by atoms with E-state index in [1.165, 1.54) is 21.8 Å². The molecule has 0 unspecified atom stereocenters. The van der Waals surface area contributed by atoms with Gasteiger partial charge < -0.3 is 9.84 Å². The largest absolute Gasteiger partial charge is 0.511 e. The molecule has 3 rings (SSSR count). The summed E-state index contributed by atoms with van der Waals surface area (Å²) in [7, 11) is 0. The standard InChI is InChI=1S/C22H28FN3O4/c1-13(2)26(21(27)16-8-5-14(3)6-9-16)20-19(30-22(28)29)12-25(24-20)17-10-7-15(4)18(23)11-17/h7,10-14,16H,5-6,8-9H2,1-4H3,(H,28,29). The first-order valence-electron chi connectivity index (χ1n) is 10.3. The van der Waals surface area contributed by atoms with E-state index < -0.39 is 12.0 Å². The van der Waals surface area contributed by atoms with E-state index in [0.29, 0.717) is 17.2 Å². The third kappa shape index (κ3) is 4.63. The first kappa shape index (κ1) is 21.8. The molecule has 1 heterocycles. The van der Waals surface area contributed by atoms with Crippen molar-refractivity contribution in [2.24, 2.45) is 11.8 Å². The quantitative estimate of drug-likeness (QED) is 0.696. The summed E-state index contributed by atoms with van der Waals surface area (Å²) in [6, 6.07) is 4.33. The fourth-order valence-corrected chi connectivity index (χ4v) is 3.85. The van der Waals surface area contributed by atoms with Gasteiger partial charge in [-0.25, -0.2) is 13.9 Å². The fourth-order valence-electron chi connectivity index (χ4n) is 3.85. The van der Waals surface area contributed by atoms with Crippen molar-refractivity contribution in [2.45, 2.75) is 59.4 Å². The zero-order chi connectivity index (χ0) is 22.0. The van der Waals surface area contributed by atoms with Crippen LogP contribution in [0, 0.1) is 24.6 Å². The molecule has 1 saturated carbocycles. The summed E-state index contributed by atoms with van der Waals surface area (Å²) in [5.74, 6) is 0.0314. The number of aromatic nitrogens is 2. The molecule has 2 aromatic rings. The molecule has 0 radical (unpaired) electrons. The number of rotatable bonds is 5. The molecule has 7 nitrogen and oxygen atoms in total. The Kier molecular flexibility index (Phi) is 6.43. The SMILES string of the molecule is Cc1ccc(-n2cc(OC(=O)O)c(N(C(=O)C3CCC(C)CC3)C(C)C)n2)cc1F. The molecule has 162 valence electrons. The van der Waals surface area contributed by atoms with Gasteiger partial charge in [0.25, 0.3) is 0 Å². The molecule has 1 N–H and O–H groups in total. The number of nitrogens with zero attached hydrogens (tertiary/aromatic N) is 3. The Balaban J connectivity index is 2.01. The van der Waals surface area contributed by atoms with Crippen LogP contribution in [0.4, 0.5) is 15.0 Å². The minimum Gasteiger partial charge on any atom is -0.449 e. The molecule has 1 aromatic carbocycles. The molecule has 0 bridgehead atoms. The van der Waals surface area contributed by atoms with Gasteiger partial charge in [-0.1, -0.05) is 13.0 Å². The van der Waals surface area contributed by atoms with Crippen molar-refractivity contribution >= 4 is 17.9 Å². The van der Waals surface area contributed by atoms with Gasteiger partial charge in [-0.15, -0.1) is 5.10 Å². The number of aryl methyl sites for hydroxylation is 1. The Morgan fingerprint density at radius 1 is 1.27 bits per heavy atom. The van der Waals surface area contributed by atoms with Gasteiger partial charge in [-0.3, -0.25) is 9.69 Å². The highest BCUT2D eigenvalue weighted by atomic mass is 19.1. The summed E-state index contributed by atoms with van der Waals surface area (Å²) in [6.07, 6.45) is 3.41. The third-order valence-electron chi connectivity index (χ3n) is 5.63. The van der Waals surface area contributed by atoms with E-state index in [2.05, 4.69) is 12.0 Å². The van der Waals surface area contributed by atoms with Gasteiger partial charge in [0.1, 0.15) is 5.82 Å². The Hall–Kier alpha value is -2.90. The maximum Gasteiger partial charge on any atom is 0.511 e. The molecule has 0 aliphatic heterocycles. The lowest BCUT2D eigenvalue weighted by Crippen LogP contribution is -2.42. The van der Waals surface area contributed by atoms with Gasteiger partial charge in [0, 0.05) is 12.0 Å². The molecule has 1 aliphatic rings. The van der Waals surface area contributed by atoms with E-state index in [1.54, 1.807) is 19.1 Å². The van der Waals surface area contributed by atoms with Crippen molar-refractivity contribution in [2.75, 3.05) is 4.90 Å². The van der Waals surface area contributed by atoms with Crippen LogP contribution in [0.25, 0.3) is 5.69 Å². The zero-order valence-corrected chi connectivity index (χ0v) is 17.8. The summed E-state index contributed by atoms with van der Waals surface area (Å²) in [5.41, 5.74) is 0.890. The molecule has 30 heavy (non-hydrogen) atoms. The molecule has 8 heteroatoms. The maximum absolute atomic E-state index is 14.0. The lowest BCUT2D eigenvalue weighted by molar-refractivity contribution is -0.124. The van der Waals surface area contributed by atoms with E-state index >= 15 is 0 Å². The Bertz CT molecular complexity index is 932.